The molecule has 1 heterocycles. The van der Waals surface area contributed by atoms with Crippen LogP contribution in [0.4, 0.5) is 0 Å². The van der Waals surface area contributed by atoms with Crippen LogP contribution in [-0.4, -0.2) is 30.4 Å². The first-order chi connectivity index (χ1) is 18.5. The summed E-state index contributed by atoms with van der Waals surface area (Å²) in [6.45, 7) is 1.67. The average molecular weight is 506 g/mol. The fourth-order valence-electron chi connectivity index (χ4n) is 4.06. The molecule has 0 fully saturated rings. The molecule has 0 bridgehead atoms. The Kier molecular flexibility index (Phi) is 6.95. The van der Waals surface area contributed by atoms with Crippen LogP contribution in [-0.2, 0) is 0 Å². The number of amides is 1. The van der Waals surface area contributed by atoms with Crippen LogP contribution in [0.1, 0.15) is 32.0 Å². The third-order valence-corrected chi connectivity index (χ3v) is 5.92. The Morgan fingerprint density at radius 2 is 1.68 bits per heavy atom. The lowest BCUT2D eigenvalue weighted by Crippen LogP contribution is -2.18. The van der Waals surface area contributed by atoms with Gasteiger partial charge < -0.3 is 14.0 Å². The first-order valence-electron chi connectivity index (χ1n) is 11.8. The lowest BCUT2D eigenvalue weighted by Gasteiger charge is -2.11. The lowest BCUT2D eigenvalue weighted by molar-refractivity contribution is 0.0731. The van der Waals surface area contributed by atoms with Gasteiger partial charge in [0.15, 0.2) is 11.5 Å². The van der Waals surface area contributed by atoms with Gasteiger partial charge in [0, 0.05) is 5.56 Å². The van der Waals surface area contributed by atoms with E-state index in [9.17, 15) is 9.59 Å². The predicted octanol–water partition coefficient (Wildman–Crippen LogP) is 5.79. The molecule has 0 radical (unpaired) electrons. The summed E-state index contributed by atoms with van der Waals surface area (Å²) in [6, 6.07) is 27.3. The summed E-state index contributed by atoms with van der Waals surface area (Å²) in [5, 5.41) is 9.83. The highest BCUT2D eigenvalue weighted by molar-refractivity contribution is 6.05. The van der Waals surface area contributed by atoms with Gasteiger partial charge in [-0.05, 0) is 47.5 Å². The summed E-state index contributed by atoms with van der Waals surface area (Å²) < 4.78 is 16.3. The summed E-state index contributed by atoms with van der Waals surface area (Å²) in [7, 11) is 1.48. The second-order valence-electron chi connectivity index (χ2n) is 8.35. The van der Waals surface area contributed by atoms with E-state index in [1.165, 1.54) is 13.3 Å². The number of rotatable bonds is 7. The molecule has 0 saturated carbocycles. The van der Waals surface area contributed by atoms with Gasteiger partial charge in [-0.25, -0.2) is 10.2 Å². The highest BCUT2D eigenvalue weighted by Gasteiger charge is 2.21. The van der Waals surface area contributed by atoms with E-state index in [0.29, 0.717) is 33.9 Å². The minimum atomic E-state index is -0.493. The molecule has 0 spiro atoms. The van der Waals surface area contributed by atoms with E-state index in [-0.39, 0.29) is 5.75 Å². The number of benzene rings is 4. The molecule has 5 aromatic rings. The van der Waals surface area contributed by atoms with Crippen molar-refractivity contribution in [2.24, 2.45) is 5.10 Å². The zero-order chi connectivity index (χ0) is 26.5. The van der Waals surface area contributed by atoms with Gasteiger partial charge in [-0.2, -0.15) is 5.10 Å². The Labute approximate surface area is 218 Å². The summed E-state index contributed by atoms with van der Waals surface area (Å²) in [5.41, 5.74) is 5.10. The zero-order valence-corrected chi connectivity index (χ0v) is 20.7. The van der Waals surface area contributed by atoms with Gasteiger partial charge in [0.25, 0.3) is 5.91 Å². The van der Waals surface area contributed by atoms with E-state index in [2.05, 4.69) is 15.7 Å². The molecule has 8 nitrogen and oxygen atoms in total. The van der Waals surface area contributed by atoms with Crippen molar-refractivity contribution in [1.82, 2.24) is 10.6 Å². The minimum absolute atomic E-state index is 0.263. The maximum absolute atomic E-state index is 12.9. The molecule has 0 aliphatic carbocycles. The predicted molar refractivity (Wildman–Crippen MR) is 144 cm³/mol. The van der Waals surface area contributed by atoms with Gasteiger partial charge in [0.05, 0.1) is 18.9 Å². The summed E-state index contributed by atoms with van der Waals surface area (Å²) in [4.78, 5) is 25.8. The molecule has 4 aromatic carbocycles. The molecular formula is C30H23N3O5. The van der Waals surface area contributed by atoms with Crippen molar-refractivity contribution in [3.63, 3.8) is 0 Å². The van der Waals surface area contributed by atoms with Crippen LogP contribution in [0.3, 0.4) is 0 Å². The number of fused-ring (bicyclic) bond motifs is 1. The van der Waals surface area contributed by atoms with Crippen molar-refractivity contribution >= 4 is 28.9 Å². The molecule has 8 heteroatoms. The molecular weight excluding hydrogens is 482 g/mol. The van der Waals surface area contributed by atoms with Crippen molar-refractivity contribution in [2.75, 3.05) is 7.11 Å². The number of nitrogens with one attached hydrogen (secondary N) is 1. The Morgan fingerprint density at radius 3 is 2.50 bits per heavy atom. The van der Waals surface area contributed by atoms with E-state index in [4.69, 9.17) is 14.0 Å². The first-order valence-corrected chi connectivity index (χ1v) is 11.8. The number of ether oxygens (including phenoxy) is 2. The highest BCUT2D eigenvalue weighted by Crippen LogP contribution is 2.30. The Hall–Kier alpha value is -5.24. The first kappa shape index (κ1) is 24.5. The molecule has 5 rings (SSSR count). The molecule has 1 N–H and O–H groups in total. The van der Waals surface area contributed by atoms with Crippen LogP contribution in [0.15, 0.2) is 101 Å². The van der Waals surface area contributed by atoms with Gasteiger partial charge in [-0.15, -0.1) is 0 Å². The quantitative estimate of drug-likeness (QED) is 0.130. The van der Waals surface area contributed by atoms with E-state index in [1.807, 2.05) is 66.7 Å². The molecule has 0 saturated heterocycles. The Bertz CT molecular complexity index is 1650. The zero-order valence-electron chi connectivity index (χ0n) is 20.7. The van der Waals surface area contributed by atoms with Gasteiger partial charge in [0.1, 0.15) is 17.0 Å². The summed E-state index contributed by atoms with van der Waals surface area (Å²) in [6.07, 6.45) is 1.46. The van der Waals surface area contributed by atoms with Crippen LogP contribution in [0.2, 0.25) is 0 Å². The number of esters is 1. The summed E-state index contributed by atoms with van der Waals surface area (Å²) >= 11 is 0. The molecule has 1 aromatic heterocycles. The molecule has 0 aliphatic heterocycles. The fraction of sp³-hybridized carbons (Fsp3) is 0.0667. The minimum Gasteiger partial charge on any atom is -0.493 e. The standard InChI is InChI=1S/C30H23N3O5/c1-19-27(28(33-38-19)22-10-4-3-5-11-22)29(34)32-31-18-20-15-16-25(26(17-20)36-2)37-30(35)24-14-8-12-21-9-6-7-13-23(21)24/h3-18H,1-2H3,(H,32,34)/b31-18-. The smallest absolute Gasteiger partial charge is 0.344 e. The number of nitrogens with zero attached hydrogens (tertiary/aromatic N) is 2. The van der Waals surface area contributed by atoms with Crippen molar-refractivity contribution < 1.29 is 23.6 Å². The number of carbonyl (C=O) groups is 2. The van der Waals surface area contributed by atoms with Crippen LogP contribution >= 0.6 is 0 Å². The molecule has 0 atom stereocenters. The third-order valence-electron chi connectivity index (χ3n) is 5.92. The maximum Gasteiger partial charge on any atom is 0.344 e. The molecule has 0 unspecified atom stereocenters. The second kappa shape index (κ2) is 10.8. The second-order valence-corrected chi connectivity index (χ2v) is 8.35. The Balaban J connectivity index is 1.30. The SMILES string of the molecule is COc1cc(/C=N\NC(=O)c2c(-c3ccccc3)noc2C)ccc1OC(=O)c1cccc2ccccc12. The summed E-state index contributed by atoms with van der Waals surface area (Å²) in [5.74, 6) is 0.0449. The number of hydrogen-bond acceptors (Lipinski definition) is 7. The van der Waals surface area contributed by atoms with E-state index >= 15 is 0 Å². The van der Waals surface area contributed by atoms with E-state index in [1.54, 1.807) is 31.2 Å². The maximum atomic E-state index is 12.9. The topological polar surface area (TPSA) is 103 Å². The number of aromatic nitrogens is 1. The van der Waals surface area contributed by atoms with Crippen LogP contribution in [0.25, 0.3) is 22.0 Å². The normalized spacial score (nSPS) is 11.0. The van der Waals surface area contributed by atoms with Crippen LogP contribution in [0.5, 0.6) is 11.5 Å². The monoisotopic (exact) mass is 505 g/mol. The van der Waals surface area contributed by atoms with Crippen molar-refractivity contribution in [1.29, 1.82) is 0 Å². The van der Waals surface area contributed by atoms with Crippen molar-refractivity contribution in [3.8, 4) is 22.8 Å². The fourth-order valence-corrected chi connectivity index (χ4v) is 4.06. The molecule has 188 valence electrons. The largest absolute Gasteiger partial charge is 0.493 e. The Morgan fingerprint density at radius 1 is 0.921 bits per heavy atom. The van der Waals surface area contributed by atoms with Crippen LogP contribution < -0.4 is 14.9 Å². The molecule has 1 amide bonds. The van der Waals surface area contributed by atoms with E-state index in [0.717, 1.165) is 16.3 Å². The van der Waals surface area contributed by atoms with Crippen molar-refractivity contribution in [3.05, 3.63) is 113 Å². The lowest BCUT2D eigenvalue weighted by atomic mass is 10.0. The highest BCUT2D eigenvalue weighted by atomic mass is 16.6. The number of methoxy groups -OCH3 is 1. The average Bonchev–Trinajstić information content (AvgIpc) is 3.35. The number of hydrazone groups is 1. The van der Waals surface area contributed by atoms with Gasteiger partial charge in [0.2, 0.25) is 0 Å². The molecule has 0 aliphatic rings. The van der Waals surface area contributed by atoms with Gasteiger partial charge >= 0.3 is 5.97 Å². The van der Waals surface area contributed by atoms with Crippen molar-refractivity contribution in [2.45, 2.75) is 6.92 Å². The van der Waals surface area contributed by atoms with Gasteiger partial charge in [-0.3, -0.25) is 4.79 Å². The molecule has 38 heavy (non-hydrogen) atoms. The van der Waals surface area contributed by atoms with E-state index < -0.39 is 11.9 Å². The number of hydrogen-bond donors (Lipinski definition) is 1. The van der Waals surface area contributed by atoms with Crippen LogP contribution in [0, 0.1) is 6.92 Å². The number of carbonyl (C=O) groups excluding carboxylic acids is 2. The number of aryl methyl sites for hydroxylation is 1. The third kappa shape index (κ3) is 5.01. The van der Waals surface area contributed by atoms with Gasteiger partial charge in [-0.1, -0.05) is 71.9 Å².